The lowest BCUT2D eigenvalue weighted by Gasteiger charge is -2.22. The summed E-state index contributed by atoms with van der Waals surface area (Å²) in [5.41, 5.74) is 0. The van der Waals surface area contributed by atoms with Crippen LogP contribution in [-0.4, -0.2) is 15.7 Å². The monoisotopic (exact) mass is 271 g/mol. The molecule has 0 aromatic heterocycles. The molecule has 1 aliphatic rings. The van der Waals surface area contributed by atoms with Crippen LogP contribution in [0.25, 0.3) is 0 Å². The molecule has 2 nitrogen and oxygen atoms in total. The molecule has 1 fully saturated rings. The van der Waals surface area contributed by atoms with Gasteiger partial charge in [-0.2, -0.15) is 0 Å². The zero-order valence-electron chi connectivity index (χ0n) is 8.57. The molecule has 0 spiro atoms. The van der Waals surface area contributed by atoms with Crippen LogP contribution < -0.4 is 5.32 Å². The first kappa shape index (κ1) is 13.4. The minimum Gasteiger partial charge on any atom is -0.350 e. The summed E-state index contributed by atoms with van der Waals surface area (Å²) in [7, 11) is 0. The van der Waals surface area contributed by atoms with Gasteiger partial charge in [0.2, 0.25) is 0 Å². The second-order valence-corrected chi connectivity index (χ2v) is 6.29. The maximum atomic E-state index is 11.4. The standard InChI is InChI=1S/C10H16Cl3NO/c11-10(12,13)9(15)14-8-6-4-2-1-3-5-7-8/h8H,1-7H2,(H,14,15). The Morgan fingerprint density at radius 3 is 1.93 bits per heavy atom. The van der Waals surface area contributed by atoms with E-state index >= 15 is 0 Å². The Morgan fingerprint density at radius 1 is 1.00 bits per heavy atom. The van der Waals surface area contributed by atoms with E-state index in [1.54, 1.807) is 0 Å². The van der Waals surface area contributed by atoms with Gasteiger partial charge in [0.1, 0.15) is 0 Å². The van der Waals surface area contributed by atoms with Gasteiger partial charge in [-0.05, 0) is 12.8 Å². The topological polar surface area (TPSA) is 29.1 Å². The van der Waals surface area contributed by atoms with Crippen molar-refractivity contribution in [1.82, 2.24) is 5.32 Å². The molecule has 0 atom stereocenters. The fourth-order valence-electron chi connectivity index (χ4n) is 1.87. The number of carbonyl (C=O) groups excluding carboxylic acids is 1. The van der Waals surface area contributed by atoms with E-state index in [9.17, 15) is 4.79 Å². The Kier molecular flexibility index (Phi) is 5.51. The molecular weight excluding hydrogens is 256 g/mol. The molecule has 1 N–H and O–H groups in total. The third kappa shape index (κ3) is 5.28. The minimum absolute atomic E-state index is 0.174. The van der Waals surface area contributed by atoms with Crippen molar-refractivity contribution in [3.63, 3.8) is 0 Å². The Bertz CT molecular complexity index is 207. The number of hydrogen-bond acceptors (Lipinski definition) is 1. The third-order valence-electron chi connectivity index (χ3n) is 2.70. The largest absolute Gasteiger partial charge is 0.350 e. The highest BCUT2D eigenvalue weighted by atomic mass is 35.6. The number of rotatable bonds is 1. The van der Waals surface area contributed by atoms with E-state index in [4.69, 9.17) is 34.8 Å². The van der Waals surface area contributed by atoms with E-state index in [1.807, 2.05) is 0 Å². The first-order valence-corrected chi connectivity index (χ1v) is 6.51. The molecule has 0 saturated heterocycles. The van der Waals surface area contributed by atoms with Crippen molar-refractivity contribution in [2.75, 3.05) is 0 Å². The highest BCUT2D eigenvalue weighted by Gasteiger charge is 2.31. The van der Waals surface area contributed by atoms with E-state index in [1.165, 1.54) is 19.3 Å². The van der Waals surface area contributed by atoms with Crippen molar-refractivity contribution < 1.29 is 4.79 Å². The van der Waals surface area contributed by atoms with Crippen LogP contribution in [-0.2, 0) is 4.79 Å². The molecule has 0 bridgehead atoms. The molecule has 0 aromatic rings. The summed E-state index contributed by atoms with van der Waals surface area (Å²) >= 11 is 16.5. The zero-order valence-corrected chi connectivity index (χ0v) is 10.8. The average molecular weight is 273 g/mol. The minimum atomic E-state index is -1.83. The van der Waals surface area contributed by atoms with Gasteiger partial charge in [-0.25, -0.2) is 0 Å². The normalized spacial score (nSPS) is 20.5. The van der Waals surface area contributed by atoms with Gasteiger partial charge in [-0.3, -0.25) is 4.79 Å². The zero-order chi connectivity index (χ0) is 11.3. The Morgan fingerprint density at radius 2 is 1.47 bits per heavy atom. The summed E-state index contributed by atoms with van der Waals surface area (Å²) in [4.78, 5) is 11.4. The van der Waals surface area contributed by atoms with Crippen LogP contribution in [0.1, 0.15) is 44.9 Å². The molecule has 1 aliphatic carbocycles. The molecule has 5 heteroatoms. The number of halogens is 3. The van der Waals surface area contributed by atoms with Gasteiger partial charge < -0.3 is 5.32 Å². The SMILES string of the molecule is O=C(NC1CCCCCCC1)C(Cl)(Cl)Cl. The Hall–Kier alpha value is 0.340. The second-order valence-electron chi connectivity index (χ2n) is 4.01. The number of amides is 1. The predicted octanol–water partition coefficient (Wildman–Crippen LogP) is 3.59. The summed E-state index contributed by atoms with van der Waals surface area (Å²) in [6.07, 6.45) is 8.04. The van der Waals surface area contributed by atoms with Crippen LogP contribution in [0.5, 0.6) is 0 Å². The van der Waals surface area contributed by atoms with E-state index in [-0.39, 0.29) is 6.04 Å². The molecule has 0 aliphatic heterocycles. The van der Waals surface area contributed by atoms with Crippen LogP contribution in [0, 0.1) is 0 Å². The Labute approximate surface area is 106 Å². The van der Waals surface area contributed by atoms with E-state index < -0.39 is 9.70 Å². The molecule has 1 rings (SSSR count). The van der Waals surface area contributed by atoms with Crippen LogP contribution in [0.15, 0.2) is 0 Å². The first-order chi connectivity index (χ1) is 7.00. The van der Waals surface area contributed by atoms with Crippen LogP contribution in [0.2, 0.25) is 0 Å². The maximum Gasteiger partial charge on any atom is 0.272 e. The first-order valence-electron chi connectivity index (χ1n) is 5.38. The van der Waals surface area contributed by atoms with Gasteiger partial charge in [0.15, 0.2) is 0 Å². The van der Waals surface area contributed by atoms with Gasteiger partial charge in [0.05, 0.1) is 0 Å². The lowest BCUT2D eigenvalue weighted by molar-refractivity contribution is -0.121. The van der Waals surface area contributed by atoms with E-state index in [0.717, 1.165) is 25.7 Å². The van der Waals surface area contributed by atoms with Gasteiger partial charge >= 0.3 is 0 Å². The Balaban J connectivity index is 2.38. The van der Waals surface area contributed by atoms with Gasteiger partial charge in [0.25, 0.3) is 9.70 Å². The molecule has 88 valence electrons. The van der Waals surface area contributed by atoms with Crippen LogP contribution in [0.4, 0.5) is 0 Å². The van der Waals surface area contributed by atoms with Gasteiger partial charge in [-0.1, -0.05) is 66.9 Å². The van der Waals surface area contributed by atoms with E-state index in [0.29, 0.717) is 0 Å². The maximum absolute atomic E-state index is 11.4. The predicted molar refractivity (Wildman–Crippen MR) is 64.5 cm³/mol. The summed E-state index contributed by atoms with van der Waals surface area (Å²) in [6.45, 7) is 0. The molecule has 0 heterocycles. The highest BCUT2D eigenvalue weighted by Crippen LogP contribution is 2.27. The lowest BCUT2D eigenvalue weighted by Crippen LogP contribution is -2.41. The van der Waals surface area contributed by atoms with Crippen molar-refractivity contribution in [2.24, 2.45) is 0 Å². The molecule has 1 amide bonds. The van der Waals surface area contributed by atoms with Crippen LogP contribution in [0.3, 0.4) is 0 Å². The molecule has 15 heavy (non-hydrogen) atoms. The summed E-state index contributed by atoms with van der Waals surface area (Å²) in [5, 5.41) is 2.79. The fraction of sp³-hybridized carbons (Fsp3) is 0.900. The van der Waals surface area contributed by atoms with Gasteiger partial charge in [-0.15, -0.1) is 0 Å². The quantitative estimate of drug-likeness (QED) is 0.726. The number of nitrogens with one attached hydrogen (secondary N) is 1. The summed E-state index contributed by atoms with van der Waals surface area (Å²) in [5.74, 6) is -0.502. The van der Waals surface area contributed by atoms with Crippen molar-refractivity contribution in [1.29, 1.82) is 0 Å². The number of alkyl halides is 3. The lowest BCUT2D eigenvalue weighted by atomic mass is 9.97. The smallest absolute Gasteiger partial charge is 0.272 e. The van der Waals surface area contributed by atoms with Gasteiger partial charge in [0, 0.05) is 6.04 Å². The fourth-order valence-corrected chi connectivity index (χ4v) is 2.03. The molecule has 0 aromatic carbocycles. The molecular formula is C10H16Cl3NO. The number of hydrogen-bond donors (Lipinski definition) is 1. The highest BCUT2D eigenvalue weighted by molar-refractivity contribution is 6.76. The van der Waals surface area contributed by atoms with Crippen molar-refractivity contribution in [2.45, 2.75) is 54.8 Å². The van der Waals surface area contributed by atoms with Crippen molar-refractivity contribution in [3.05, 3.63) is 0 Å². The van der Waals surface area contributed by atoms with Crippen LogP contribution >= 0.6 is 34.8 Å². The second kappa shape index (κ2) is 6.17. The molecule has 0 radical (unpaired) electrons. The third-order valence-corrected chi connectivity index (χ3v) is 3.21. The average Bonchev–Trinajstić information content (AvgIpc) is 2.07. The number of carbonyl (C=O) groups is 1. The van der Waals surface area contributed by atoms with Crippen molar-refractivity contribution in [3.8, 4) is 0 Å². The van der Waals surface area contributed by atoms with Crippen molar-refractivity contribution >= 4 is 40.7 Å². The molecule has 1 saturated carbocycles. The molecule has 0 unspecified atom stereocenters. The summed E-state index contributed by atoms with van der Waals surface area (Å²) in [6, 6.07) is 0.174. The van der Waals surface area contributed by atoms with E-state index in [2.05, 4.69) is 5.32 Å². The summed E-state index contributed by atoms with van der Waals surface area (Å²) < 4.78 is -1.83.